The average molecular weight is 427 g/mol. The van der Waals surface area contributed by atoms with Gasteiger partial charge >= 0.3 is 0 Å². The van der Waals surface area contributed by atoms with E-state index in [4.69, 9.17) is 9.47 Å². The van der Waals surface area contributed by atoms with Crippen LogP contribution in [0.1, 0.15) is 31.3 Å². The van der Waals surface area contributed by atoms with Gasteiger partial charge in [0.25, 0.3) is 0 Å². The third-order valence-corrected chi connectivity index (χ3v) is 5.60. The Kier molecular flexibility index (Phi) is 7.35. The predicted octanol–water partition coefficient (Wildman–Crippen LogP) is 4.26. The van der Waals surface area contributed by atoms with E-state index in [1.807, 2.05) is 67.1 Å². The van der Waals surface area contributed by atoms with E-state index in [0.717, 1.165) is 17.9 Å². The zero-order chi connectivity index (χ0) is 21.5. The molecule has 0 spiro atoms. The zero-order valence-corrected chi connectivity index (χ0v) is 18.4. The fourth-order valence-corrected chi connectivity index (χ4v) is 3.59. The molecule has 1 amide bonds. The van der Waals surface area contributed by atoms with Gasteiger partial charge in [0.05, 0.1) is 12.9 Å². The van der Waals surface area contributed by atoms with Gasteiger partial charge in [0, 0.05) is 12.7 Å². The van der Waals surface area contributed by atoms with E-state index >= 15 is 0 Å². The molecule has 3 rings (SSSR count). The normalized spacial score (nSPS) is 11.7. The average Bonchev–Trinajstić information content (AvgIpc) is 3.14. The number of nitrogens with zero attached hydrogens (tertiary/aromatic N) is 3. The molecule has 8 heteroatoms. The lowest BCUT2D eigenvalue weighted by molar-refractivity contribution is -0.113. The van der Waals surface area contributed by atoms with Crippen molar-refractivity contribution in [2.24, 2.45) is 7.05 Å². The Bertz CT molecular complexity index is 971. The second-order valence-corrected chi connectivity index (χ2v) is 7.67. The Morgan fingerprint density at radius 1 is 1.10 bits per heavy atom. The van der Waals surface area contributed by atoms with Crippen molar-refractivity contribution in [3.05, 3.63) is 59.9 Å². The first-order valence-corrected chi connectivity index (χ1v) is 10.7. The zero-order valence-electron chi connectivity index (χ0n) is 17.6. The Labute approximate surface area is 180 Å². The highest BCUT2D eigenvalue weighted by molar-refractivity contribution is 7.99. The van der Waals surface area contributed by atoms with E-state index in [2.05, 4.69) is 22.4 Å². The fourth-order valence-electron chi connectivity index (χ4n) is 2.87. The molecule has 158 valence electrons. The highest BCUT2D eigenvalue weighted by Gasteiger charge is 2.18. The first-order valence-electron chi connectivity index (χ1n) is 9.71. The van der Waals surface area contributed by atoms with Crippen LogP contribution in [0.5, 0.6) is 11.5 Å². The molecular weight excluding hydrogens is 400 g/mol. The van der Waals surface area contributed by atoms with Crippen molar-refractivity contribution in [2.75, 3.05) is 18.2 Å². The Morgan fingerprint density at radius 2 is 1.77 bits per heavy atom. The lowest BCUT2D eigenvalue weighted by Gasteiger charge is -2.14. The van der Waals surface area contributed by atoms with Gasteiger partial charge in [-0.3, -0.25) is 4.79 Å². The number of benzene rings is 2. The SMILES string of the molecule is CCc1ccc(NC(=O)CSc2nnc(C(C)Oc3ccc(OC)cc3)n2C)cc1. The summed E-state index contributed by atoms with van der Waals surface area (Å²) in [5.74, 6) is 2.33. The number of anilines is 1. The second kappa shape index (κ2) is 10.2. The van der Waals surface area contributed by atoms with E-state index in [1.165, 1.54) is 17.3 Å². The highest BCUT2D eigenvalue weighted by atomic mass is 32.2. The predicted molar refractivity (Wildman–Crippen MR) is 118 cm³/mol. The lowest BCUT2D eigenvalue weighted by atomic mass is 10.1. The number of methoxy groups -OCH3 is 1. The monoisotopic (exact) mass is 426 g/mol. The molecule has 0 saturated carbocycles. The molecule has 2 aromatic carbocycles. The lowest BCUT2D eigenvalue weighted by Crippen LogP contribution is -2.15. The van der Waals surface area contributed by atoms with Crippen LogP contribution in [-0.4, -0.2) is 33.5 Å². The van der Waals surface area contributed by atoms with Crippen molar-refractivity contribution >= 4 is 23.4 Å². The number of carbonyl (C=O) groups excluding carboxylic acids is 1. The van der Waals surface area contributed by atoms with Gasteiger partial charge in [-0.2, -0.15) is 0 Å². The van der Waals surface area contributed by atoms with Gasteiger partial charge < -0.3 is 19.4 Å². The van der Waals surface area contributed by atoms with Gasteiger partial charge in [-0.15, -0.1) is 10.2 Å². The van der Waals surface area contributed by atoms with Crippen LogP contribution in [0.15, 0.2) is 53.7 Å². The second-order valence-electron chi connectivity index (χ2n) is 6.72. The van der Waals surface area contributed by atoms with E-state index in [-0.39, 0.29) is 17.8 Å². The number of aryl methyl sites for hydroxylation is 1. The van der Waals surface area contributed by atoms with E-state index < -0.39 is 0 Å². The molecule has 0 aliphatic rings. The molecule has 1 atom stereocenters. The molecule has 1 unspecified atom stereocenters. The quantitative estimate of drug-likeness (QED) is 0.515. The molecule has 7 nitrogen and oxygen atoms in total. The van der Waals surface area contributed by atoms with Crippen molar-refractivity contribution in [3.63, 3.8) is 0 Å². The van der Waals surface area contributed by atoms with Crippen molar-refractivity contribution in [2.45, 2.75) is 31.5 Å². The number of aromatic nitrogens is 3. The molecule has 0 fully saturated rings. The number of carbonyl (C=O) groups is 1. The van der Waals surface area contributed by atoms with Crippen LogP contribution in [0, 0.1) is 0 Å². The Balaban J connectivity index is 1.55. The molecule has 0 saturated heterocycles. The molecule has 3 aromatic rings. The minimum Gasteiger partial charge on any atom is -0.497 e. The van der Waals surface area contributed by atoms with Crippen LogP contribution in [-0.2, 0) is 18.3 Å². The highest BCUT2D eigenvalue weighted by Crippen LogP contribution is 2.25. The summed E-state index contributed by atoms with van der Waals surface area (Å²) >= 11 is 1.34. The van der Waals surface area contributed by atoms with Crippen LogP contribution < -0.4 is 14.8 Å². The van der Waals surface area contributed by atoms with Gasteiger partial charge in [-0.25, -0.2) is 0 Å². The maximum absolute atomic E-state index is 12.3. The Hall–Kier alpha value is -3.00. The van der Waals surface area contributed by atoms with Crippen molar-refractivity contribution < 1.29 is 14.3 Å². The minimum absolute atomic E-state index is 0.0867. The molecule has 0 aliphatic heterocycles. The molecular formula is C22H26N4O3S. The molecule has 30 heavy (non-hydrogen) atoms. The largest absolute Gasteiger partial charge is 0.497 e. The summed E-state index contributed by atoms with van der Waals surface area (Å²) in [6.07, 6.45) is 0.676. The Morgan fingerprint density at radius 3 is 2.40 bits per heavy atom. The van der Waals surface area contributed by atoms with Crippen LogP contribution in [0.25, 0.3) is 0 Å². The number of thioether (sulfide) groups is 1. The summed E-state index contributed by atoms with van der Waals surface area (Å²) in [6, 6.07) is 15.2. The van der Waals surface area contributed by atoms with Crippen LogP contribution in [0.4, 0.5) is 5.69 Å². The molecule has 1 aromatic heterocycles. The van der Waals surface area contributed by atoms with E-state index in [0.29, 0.717) is 16.7 Å². The van der Waals surface area contributed by atoms with Crippen molar-refractivity contribution in [1.82, 2.24) is 14.8 Å². The van der Waals surface area contributed by atoms with Crippen LogP contribution >= 0.6 is 11.8 Å². The minimum atomic E-state index is -0.295. The first kappa shape index (κ1) is 21.7. The van der Waals surface area contributed by atoms with Crippen molar-refractivity contribution in [1.29, 1.82) is 0 Å². The summed E-state index contributed by atoms with van der Waals surface area (Å²) in [5.41, 5.74) is 2.03. The maximum atomic E-state index is 12.3. The standard InChI is InChI=1S/C22H26N4O3S/c1-5-16-6-8-17(9-7-16)23-20(27)14-30-22-25-24-21(26(22)3)15(2)29-19-12-10-18(28-4)11-13-19/h6-13,15H,5,14H2,1-4H3,(H,23,27). The smallest absolute Gasteiger partial charge is 0.234 e. The topological polar surface area (TPSA) is 78.3 Å². The molecule has 0 bridgehead atoms. The molecule has 1 N–H and O–H groups in total. The van der Waals surface area contributed by atoms with Gasteiger partial charge in [-0.1, -0.05) is 30.8 Å². The molecule has 0 aliphatic carbocycles. The number of amides is 1. The number of hydrogen-bond acceptors (Lipinski definition) is 6. The van der Waals surface area contributed by atoms with Gasteiger partial charge in [-0.05, 0) is 55.3 Å². The maximum Gasteiger partial charge on any atom is 0.234 e. The number of rotatable bonds is 9. The summed E-state index contributed by atoms with van der Waals surface area (Å²) in [7, 11) is 3.49. The van der Waals surface area contributed by atoms with Gasteiger partial charge in [0.2, 0.25) is 5.91 Å². The van der Waals surface area contributed by atoms with Crippen molar-refractivity contribution in [3.8, 4) is 11.5 Å². The number of nitrogens with one attached hydrogen (secondary N) is 1. The third-order valence-electron chi connectivity index (χ3n) is 4.58. The first-order chi connectivity index (χ1) is 14.5. The number of ether oxygens (including phenoxy) is 2. The summed E-state index contributed by atoms with van der Waals surface area (Å²) < 4.78 is 13.0. The summed E-state index contributed by atoms with van der Waals surface area (Å²) in [4.78, 5) is 12.3. The number of hydrogen-bond donors (Lipinski definition) is 1. The van der Waals surface area contributed by atoms with E-state index in [1.54, 1.807) is 7.11 Å². The third kappa shape index (κ3) is 5.54. The molecule has 1 heterocycles. The fraction of sp³-hybridized carbons (Fsp3) is 0.318. The summed E-state index contributed by atoms with van der Waals surface area (Å²) in [5, 5.41) is 12.0. The summed E-state index contributed by atoms with van der Waals surface area (Å²) in [6.45, 7) is 4.01. The molecule has 0 radical (unpaired) electrons. The van der Waals surface area contributed by atoms with Crippen LogP contribution in [0.2, 0.25) is 0 Å². The van der Waals surface area contributed by atoms with Gasteiger partial charge in [0.1, 0.15) is 11.5 Å². The van der Waals surface area contributed by atoms with Crippen LogP contribution in [0.3, 0.4) is 0 Å². The van der Waals surface area contributed by atoms with Gasteiger partial charge in [0.15, 0.2) is 17.1 Å². The van der Waals surface area contributed by atoms with E-state index in [9.17, 15) is 4.79 Å².